The molecule has 0 atom stereocenters. The van der Waals surface area contributed by atoms with Crippen LogP contribution in [0.2, 0.25) is 0 Å². The highest BCUT2D eigenvalue weighted by Gasteiger charge is 2.15. The van der Waals surface area contributed by atoms with Crippen molar-refractivity contribution in [3.8, 4) is 5.75 Å². The second-order valence-electron chi connectivity index (χ2n) is 4.99. The highest BCUT2D eigenvalue weighted by Crippen LogP contribution is 2.26. The number of ketones is 1. The maximum atomic E-state index is 12.0. The molecule has 0 aliphatic rings. The van der Waals surface area contributed by atoms with Crippen molar-refractivity contribution in [3.63, 3.8) is 0 Å². The van der Waals surface area contributed by atoms with Crippen LogP contribution in [0.1, 0.15) is 15.2 Å². The molecule has 0 aliphatic carbocycles. The van der Waals surface area contributed by atoms with Crippen molar-refractivity contribution in [2.24, 2.45) is 0 Å². The predicted octanol–water partition coefficient (Wildman–Crippen LogP) is 4.23. The van der Waals surface area contributed by atoms with E-state index in [1.54, 1.807) is 31.4 Å². The first kappa shape index (κ1) is 16.7. The first-order valence-electron chi connectivity index (χ1n) is 7.05. The van der Waals surface area contributed by atoms with Crippen molar-refractivity contribution in [2.75, 3.05) is 13.7 Å². The minimum atomic E-state index is -0.475. The van der Waals surface area contributed by atoms with Crippen molar-refractivity contribution < 1.29 is 23.5 Å². The second kappa shape index (κ2) is 7.19. The summed E-state index contributed by atoms with van der Waals surface area (Å²) in [5.41, 5.74) is 1.35. The summed E-state index contributed by atoms with van der Waals surface area (Å²) in [5, 5.41) is 0.821. The number of rotatable bonds is 6. The van der Waals surface area contributed by atoms with Gasteiger partial charge in [0.05, 0.1) is 28.5 Å². The van der Waals surface area contributed by atoms with Crippen LogP contribution in [0.15, 0.2) is 44.8 Å². The molecule has 0 bridgehead atoms. The Morgan fingerprint density at radius 1 is 1.25 bits per heavy atom. The third kappa shape index (κ3) is 3.68. The van der Waals surface area contributed by atoms with Gasteiger partial charge in [-0.05, 0) is 40.2 Å². The molecule has 0 unspecified atom stereocenters. The normalized spacial score (nSPS) is 10.8. The topological polar surface area (TPSA) is 65.7 Å². The number of carbonyl (C=O) groups excluding carboxylic acids is 2. The molecular formula is C17H13BrO5S. The molecule has 0 fully saturated rings. The Kier molecular flexibility index (Phi) is 5.01. The fourth-order valence-electron chi connectivity index (χ4n) is 2.22. The average Bonchev–Trinajstić information content (AvgIpc) is 3.19. The lowest BCUT2D eigenvalue weighted by molar-refractivity contribution is -0.141. The van der Waals surface area contributed by atoms with Gasteiger partial charge in [-0.2, -0.15) is 0 Å². The van der Waals surface area contributed by atoms with Gasteiger partial charge in [-0.3, -0.25) is 9.59 Å². The molecular weight excluding hydrogens is 396 g/mol. The molecule has 0 saturated heterocycles. The summed E-state index contributed by atoms with van der Waals surface area (Å²) >= 11 is 4.60. The van der Waals surface area contributed by atoms with Crippen molar-refractivity contribution in [2.45, 2.75) is 6.42 Å². The zero-order valence-electron chi connectivity index (χ0n) is 12.7. The van der Waals surface area contributed by atoms with Crippen LogP contribution >= 0.6 is 27.3 Å². The summed E-state index contributed by atoms with van der Waals surface area (Å²) < 4.78 is 16.5. The van der Waals surface area contributed by atoms with Crippen LogP contribution in [0.3, 0.4) is 0 Å². The number of hydrogen-bond donors (Lipinski definition) is 0. The van der Waals surface area contributed by atoms with Gasteiger partial charge < -0.3 is 13.9 Å². The van der Waals surface area contributed by atoms with Crippen molar-refractivity contribution in [1.29, 1.82) is 0 Å². The molecule has 0 aliphatic heterocycles. The molecule has 0 spiro atoms. The largest absolute Gasteiger partial charge is 0.497 e. The molecule has 0 N–H and O–H groups in total. The molecule has 5 nitrogen and oxygen atoms in total. The molecule has 24 heavy (non-hydrogen) atoms. The molecule has 7 heteroatoms. The van der Waals surface area contributed by atoms with Gasteiger partial charge in [0, 0.05) is 17.0 Å². The maximum absolute atomic E-state index is 12.0. The molecule has 2 aromatic heterocycles. The minimum Gasteiger partial charge on any atom is -0.497 e. The van der Waals surface area contributed by atoms with Crippen LogP contribution in [0, 0.1) is 0 Å². The minimum absolute atomic E-state index is 0.0424. The molecule has 2 heterocycles. The molecule has 0 radical (unpaired) electrons. The standard InChI is InChI=1S/C17H13BrO5S/c1-21-11-2-3-12-10(8-22-14(12)7-11)6-17(20)23-9-13(19)15-4-5-16(18)24-15/h2-5,7-8H,6,9H2,1H3. The third-order valence-electron chi connectivity index (χ3n) is 3.41. The van der Waals surface area contributed by atoms with Gasteiger partial charge in [0.2, 0.25) is 5.78 Å². The number of hydrogen-bond acceptors (Lipinski definition) is 6. The fourth-order valence-corrected chi connectivity index (χ4v) is 3.53. The van der Waals surface area contributed by atoms with Gasteiger partial charge in [-0.1, -0.05) is 0 Å². The zero-order chi connectivity index (χ0) is 17.1. The lowest BCUT2D eigenvalue weighted by Gasteiger charge is -2.03. The first-order valence-corrected chi connectivity index (χ1v) is 8.66. The first-order chi connectivity index (χ1) is 11.6. The van der Waals surface area contributed by atoms with Crippen LogP contribution in [-0.4, -0.2) is 25.5 Å². The highest BCUT2D eigenvalue weighted by atomic mass is 79.9. The number of esters is 1. The number of carbonyl (C=O) groups is 2. The Bertz CT molecular complexity index is 895. The lowest BCUT2D eigenvalue weighted by atomic mass is 10.1. The number of Topliss-reactive ketones (excluding diaryl/α,β-unsaturated/α-hetero) is 1. The zero-order valence-corrected chi connectivity index (χ0v) is 15.1. The van der Waals surface area contributed by atoms with Gasteiger partial charge in [0.15, 0.2) is 6.61 Å². The van der Waals surface area contributed by atoms with Gasteiger partial charge >= 0.3 is 5.97 Å². The van der Waals surface area contributed by atoms with Gasteiger partial charge in [0.1, 0.15) is 11.3 Å². The molecule has 124 valence electrons. The number of methoxy groups -OCH3 is 1. The molecule has 3 aromatic rings. The number of halogens is 1. The van der Waals surface area contributed by atoms with Crippen LogP contribution in [0.4, 0.5) is 0 Å². The summed E-state index contributed by atoms with van der Waals surface area (Å²) in [7, 11) is 1.57. The predicted molar refractivity (Wildman–Crippen MR) is 93.8 cm³/mol. The molecule has 1 aromatic carbocycles. The van der Waals surface area contributed by atoms with Gasteiger partial charge in [0.25, 0.3) is 0 Å². The van der Waals surface area contributed by atoms with E-state index in [1.807, 2.05) is 6.07 Å². The number of thiophene rings is 1. The number of benzene rings is 1. The Hall–Kier alpha value is -2.12. The van der Waals surface area contributed by atoms with Gasteiger partial charge in [-0.25, -0.2) is 0 Å². The van der Waals surface area contributed by atoms with Gasteiger partial charge in [-0.15, -0.1) is 11.3 Å². The van der Waals surface area contributed by atoms with Crippen LogP contribution in [0.5, 0.6) is 5.75 Å². The van der Waals surface area contributed by atoms with E-state index < -0.39 is 5.97 Å². The summed E-state index contributed by atoms with van der Waals surface area (Å²) in [6, 6.07) is 8.86. The van der Waals surface area contributed by atoms with E-state index in [0.29, 0.717) is 21.8 Å². The summed E-state index contributed by atoms with van der Waals surface area (Å²) in [6.07, 6.45) is 1.56. The summed E-state index contributed by atoms with van der Waals surface area (Å²) in [6.45, 7) is -0.268. The quantitative estimate of drug-likeness (QED) is 0.450. The van der Waals surface area contributed by atoms with Crippen molar-refractivity contribution >= 4 is 50.0 Å². The average molecular weight is 409 g/mol. The molecule has 0 amide bonds. The van der Waals surface area contributed by atoms with E-state index in [0.717, 1.165) is 9.17 Å². The second-order valence-corrected chi connectivity index (χ2v) is 7.45. The van der Waals surface area contributed by atoms with E-state index in [1.165, 1.54) is 17.6 Å². The summed E-state index contributed by atoms with van der Waals surface area (Å²) in [4.78, 5) is 24.5. The van der Waals surface area contributed by atoms with Crippen LogP contribution in [0.25, 0.3) is 11.0 Å². The smallest absolute Gasteiger partial charge is 0.310 e. The van der Waals surface area contributed by atoms with Crippen molar-refractivity contribution in [1.82, 2.24) is 0 Å². The number of furan rings is 1. The molecule has 3 rings (SSSR count). The van der Waals surface area contributed by atoms with E-state index in [4.69, 9.17) is 13.9 Å². The van der Waals surface area contributed by atoms with E-state index in [9.17, 15) is 9.59 Å². The Morgan fingerprint density at radius 3 is 2.79 bits per heavy atom. The van der Waals surface area contributed by atoms with Crippen LogP contribution in [-0.2, 0) is 16.0 Å². The molecule has 0 saturated carbocycles. The maximum Gasteiger partial charge on any atom is 0.310 e. The fraction of sp³-hybridized carbons (Fsp3) is 0.176. The lowest BCUT2D eigenvalue weighted by Crippen LogP contribution is -2.14. The van der Waals surface area contributed by atoms with Crippen molar-refractivity contribution in [3.05, 3.63) is 50.8 Å². The Balaban J connectivity index is 1.62. The van der Waals surface area contributed by atoms with E-state index in [2.05, 4.69) is 15.9 Å². The number of fused-ring (bicyclic) bond motifs is 1. The van der Waals surface area contributed by atoms with E-state index in [-0.39, 0.29) is 18.8 Å². The van der Waals surface area contributed by atoms with E-state index >= 15 is 0 Å². The Morgan fingerprint density at radius 2 is 2.08 bits per heavy atom. The van der Waals surface area contributed by atoms with Crippen LogP contribution < -0.4 is 4.74 Å². The third-order valence-corrected chi connectivity index (χ3v) is 5.07. The number of ether oxygens (including phenoxy) is 2. The SMILES string of the molecule is COc1ccc2c(CC(=O)OCC(=O)c3ccc(Br)s3)coc2c1. The monoisotopic (exact) mass is 408 g/mol. The Labute approximate surface area is 150 Å². The summed E-state index contributed by atoms with van der Waals surface area (Å²) in [5.74, 6) is -0.0167. The highest BCUT2D eigenvalue weighted by molar-refractivity contribution is 9.11.